The minimum Gasteiger partial charge on any atom is -0.326 e. The first-order valence-corrected chi connectivity index (χ1v) is 5.82. The molecule has 2 aromatic rings. The van der Waals surface area contributed by atoms with Crippen LogP contribution in [0.15, 0.2) is 36.4 Å². The molecule has 0 saturated heterocycles. The fourth-order valence-corrected chi connectivity index (χ4v) is 2.49. The first kappa shape index (κ1) is 12.0. The van der Waals surface area contributed by atoms with Gasteiger partial charge in [0.2, 0.25) is 0 Å². The number of amides is 1. The number of hydrogen-bond donors (Lipinski definition) is 0. The zero-order valence-electron chi connectivity index (χ0n) is 9.87. The van der Waals surface area contributed by atoms with Crippen molar-refractivity contribution in [3.63, 3.8) is 0 Å². The van der Waals surface area contributed by atoms with Gasteiger partial charge in [-0.25, -0.2) is 0 Å². The third kappa shape index (κ3) is 1.95. The van der Waals surface area contributed by atoms with Gasteiger partial charge in [0, 0.05) is 13.1 Å². The highest BCUT2D eigenvalue weighted by atomic mass is 19.4. The van der Waals surface area contributed by atoms with Crippen molar-refractivity contribution in [3.8, 4) is 0 Å². The fourth-order valence-electron chi connectivity index (χ4n) is 2.49. The van der Waals surface area contributed by atoms with Crippen LogP contribution in [-0.4, -0.2) is 17.0 Å². The van der Waals surface area contributed by atoms with Crippen LogP contribution in [0.4, 0.5) is 13.2 Å². The van der Waals surface area contributed by atoms with Crippen LogP contribution in [0.1, 0.15) is 11.1 Å². The normalized spacial score (nSPS) is 14.8. The second kappa shape index (κ2) is 3.98. The average molecular weight is 265 g/mol. The molecule has 19 heavy (non-hydrogen) atoms. The number of nitrogens with zero attached hydrogens (tertiary/aromatic N) is 1. The summed E-state index contributed by atoms with van der Waals surface area (Å²) in [7, 11) is 0. The first-order valence-electron chi connectivity index (χ1n) is 5.82. The third-order valence-electron chi connectivity index (χ3n) is 3.38. The number of fused-ring (bicyclic) bond motifs is 3. The van der Waals surface area contributed by atoms with Gasteiger partial charge in [-0.1, -0.05) is 36.4 Å². The van der Waals surface area contributed by atoms with Crippen LogP contribution in [0.5, 0.6) is 0 Å². The molecule has 0 atom stereocenters. The van der Waals surface area contributed by atoms with Gasteiger partial charge in [-0.3, -0.25) is 4.79 Å². The molecule has 0 fully saturated rings. The highest BCUT2D eigenvalue weighted by Gasteiger charge is 2.44. The second-order valence-corrected chi connectivity index (χ2v) is 4.58. The zero-order chi connectivity index (χ0) is 13.6. The molecule has 1 heterocycles. The molecule has 0 radical (unpaired) electrons. The van der Waals surface area contributed by atoms with Crippen molar-refractivity contribution in [1.29, 1.82) is 0 Å². The molecule has 0 spiro atoms. The van der Waals surface area contributed by atoms with Crippen molar-refractivity contribution in [2.75, 3.05) is 0 Å². The molecule has 0 N–H and O–H groups in total. The smallest absolute Gasteiger partial charge is 0.326 e. The first-order chi connectivity index (χ1) is 8.97. The van der Waals surface area contributed by atoms with Crippen molar-refractivity contribution < 1.29 is 18.0 Å². The van der Waals surface area contributed by atoms with Gasteiger partial charge in [0.1, 0.15) is 0 Å². The van der Waals surface area contributed by atoms with Crippen LogP contribution >= 0.6 is 0 Å². The molecule has 1 aliphatic heterocycles. The Kier molecular flexibility index (Phi) is 2.52. The predicted octanol–water partition coefficient (Wildman–Crippen LogP) is 3.24. The maximum atomic E-state index is 12.4. The van der Waals surface area contributed by atoms with E-state index in [2.05, 4.69) is 0 Å². The average Bonchev–Trinajstić information content (AvgIpc) is 2.80. The molecule has 98 valence electrons. The summed E-state index contributed by atoms with van der Waals surface area (Å²) in [6.45, 7) is 0.0491. The molecule has 0 bridgehead atoms. The molecule has 1 amide bonds. The van der Waals surface area contributed by atoms with Gasteiger partial charge >= 0.3 is 12.1 Å². The topological polar surface area (TPSA) is 20.3 Å². The van der Waals surface area contributed by atoms with E-state index in [0.717, 1.165) is 26.8 Å². The van der Waals surface area contributed by atoms with Gasteiger partial charge in [-0.15, -0.1) is 0 Å². The Morgan fingerprint density at radius 3 is 2.53 bits per heavy atom. The maximum Gasteiger partial charge on any atom is 0.471 e. The van der Waals surface area contributed by atoms with Gasteiger partial charge < -0.3 is 4.90 Å². The summed E-state index contributed by atoms with van der Waals surface area (Å²) < 4.78 is 37.3. The summed E-state index contributed by atoms with van der Waals surface area (Å²) >= 11 is 0. The van der Waals surface area contributed by atoms with Crippen LogP contribution in [0.3, 0.4) is 0 Å². The molecular weight excluding hydrogens is 255 g/mol. The lowest BCUT2D eigenvalue weighted by Crippen LogP contribution is -2.37. The lowest BCUT2D eigenvalue weighted by molar-refractivity contribution is -0.186. The second-order valence-electron chi connectivity index (χ2n) is 4.58. The Morgan fingerprint density at radius 1 is 1.05 bits per heavy atom. The van der Waals surface area contributed by atoms with Gasteiger partial charge in [0.15, 0.2) is 0 Å². The van der Waals surface area contributed by atoms with E-state index >= 15 is 0 Å². The summed E-state index contributed by atoms with van der Waals surface area (Å²) in [5.41, 5.74) is 1.60. The van der Waals surface area contributed by atoms with Crippen LogP contribution < -0.4 is 0 Å². The molecule has 3 rings (SSSR count). The Hall–Kier alpha value is -2.04. The minimum absolute atomic E-state index is 0.0228. The van der Waals surface area contributed by atoms with Crippen LogP contribution in [0, 0.1) is 0 Å². The lowest BCUT2D eigenvalue weighted by atomic mass is 10.0. The van der Waals surface area contributed by atoms with Crippen molar-refractivity contribution in [2.24, 2.45) is 0 Å². The highest BCUT2D eigenvalue weighted by molar-refractivity contribution is 5.89. The minimum atomic E-state index is -4.81. The summed E-state index contributed by atoms with van der Waals surface area (Å²) in [4.78, 5) is 12.1. The number of benzene rings is 2. The molecule has 0 aromatic heterocycles. The van der Waals surface area contributed by atoms with Crippen molar-refractivity contribution in [3.05, 3.63) is 47.5 Å². The number of hydrogen-bond acceptors (Lipinski definition) is 1. The predicted molar refractivity (Wildman–Crippen MR) is 64.3 cm³/mol. The largest absolute Gasteiger partial charge is 0.471 e. The Labute approximate surface area is 107 Å². The molecule has 0 saturated carbocycles. The number of halogens is 3. The van der Waals surface area contributed by atoms with Crippen LogP contribution in [0.2, 0.25) is 0 Å². The van der Waals surface area contributed by atoms with E-state index < -0.39 is 12.1 Å². The van der Waals surface area contributed by atoms with E-state index in [1.54, 1.807) is 6.07 Å². The van der Waals surface area contributed by atoms with Crippen LogP contribution in [-0.2, 0) is 17.9 Å². The standard InChI is InChI=1S/C14H10F3NO/c15-14(16,17)13(19)18-7-10-6-5-9-3-1-2-4-11(9)12(10)8-18/h1-6H,7-8H2. The molecule has 0 unspecified atom stereocenters. The van der Waals surface area contributed by atoms with E-state index in [0.29, 0.717) is 0 Å². The maximum absolute atomic E-state index is 12.4. The monoisotopic (exact) mass is 265 g/mol. The molecule has 2 nitrogen and oxygen atoms in total. The van der Waals surface area contributed by atoms with Gasteiger partial charge in [0.25, 0.3) is 0 Å². The summed E-state index contributed by atoms with van der Waals surface area (Å²) in [6, 6.07) is 11.2. The fraction of sp³-hybridized carbons (Fsp3) is 0.214. The molecule has 2 aromatic carbocycles. The van der Waals surface area contributed by atoms with Gasteiger partial charge in [-0.2, -0.15) is 13.2 Å². The van der Waals surface area contributed by atoms with E-state index in [4.69, 9.17) is 0 Å². The van der Waals surface area contributed by atoms with E-state index in [-0.39, 0.29) is 13.1 Å². The number of rotatable bonds is 0. The van der Waals surface area contributed by atoms with E-state index in [9.17, 15) is 18.0 Å². The zero-order valence-corrected chi connectivity index (χ0v) is 9.87. The third-order valence-corrected chi connectivity index (χ3v) is 3.38. The van der Waals surface area contributed by atoms with Crippen molar-refractivity contribution >= 4 is 16.7 Å². The Balaban J connectivity index is 2.01. The highest BCUT2D eigenvalue weighted by Crippen LogP contribution is 2.32. The summed E-state index contributed by atoms with van der Waals surface area (Å²) in [6.07, 6.45) is -4.81. The van der Waals surface area contributed by atoms with Gasteiger partial charge in [-0.05, 0) is 21.9 Å². The number of carbonyl (C=O) groups excluding carboxylic acids is 1. The van der Waals surface area contributed by atoms with Crippen molar-refractivity contribution in [1.82, 2.24) is 4.90 Å². The summed E-state index contributed by atoms with van der Waals surface area (Å²) in [5.74, 6) is -1.77. The summed E-state index contributed by atoms with van der Waals surface area (Å²) in [5, 5.41) is 1.89. The molecular formula is C14H10F3NO. The van der Waals surface area contributed by atoms with Gasteiger partial charge in [0.05, 0.1) is 0 Å². The Bertz CT molecular complexity index is 663. The van der Waals surface area contributed by atoms with E-state index in [1.807, 2.05) is 30.3 Å². The lowest BCUT2D eigenvalue weighted by Gasteiger charge is -2.16. The van der Waals surface area contributed by atoms with Crippen molar-refractivity contribution in [2.45, 2.75) is 19.3 Å². The van der Waals surface area contributed by atoms with E-state index in [1.165, 1.54) is 0 Å². The Morgan fingerprint density at radius 2 is 1.79 bits per heavy atom. The quantitative estimate of drug-likeness (QED) is 0.716. The van der Waals surface area contributed by atoms with Crippen LogP contribution in [0.25, 0.3) is 10.8 Å². The number of carbonyl (C=O) groups is 1. The SMILES string of the molecule is O=C(N1Cc2ccc3ccccc3c2C1)C(F)(F)F. The molecule has 0 aliphatic carbocycles. The molecule has 5 heteroatoms. The molecule has 1 aliphatic rings. The number of alkyl halides is 3.